The van der Waals surface area contributed by atoms with E-state index in [9.17, 15) is 0 Å². The Morgan fingerprint density at radius 3 is 2.93 bits per heavy atom. The van der Waals surface area contributed by atoms with Crippen molar-refractivity contribution in [1.82, 2.24) is 5.32 Å². The Labute approximate surface area is 97.8 Å². The maximum absolute atomic E-state index is 5.07. The van der Waals surface area contributed by atoms with Gasteiger partial charge in [-0.15, -0.1) is 11.3 Å². The van der Waals surface area contributed by atoms with Crippen molar-refractivity contribution in [1.29, 1.82) is 0 Å². The van der Waals surface area contributed by atoms with E-state index in [1.54, 1.807) is 18.4 Å². The van der Waals surface area contributed by atoms with Crippen LogP contribution in [0.3, 0.4) is 0 Å². The molecule has 0 saturated heterocycles. The van der Waals surface area contributed by atoms with Crippen molar-refractivity contribution in [2.75, 3.05) is 20.3 Å². The standard InChI is InChI=1S/C10H16BrNOS/c1-8(7-13-2)5-12-6-9-3-4-10(11)14-9/h3-4,8,12H,5-7H2,1-2H3. The first-order valence-electron chi connectivity index (χ1n) is 4.66. The lowest BCUT2D eigenvalue weighted by Crippen LogP contribution is -2.22. The summed E-state index contributed by atoms with van der Waals surface area (Å²) in [7, 11) is 1.74. The molecule has 0 bridgehead atoms. The van der Waals surface area contributed by atoms with Crippen molar-refractivity contribution < 1.29 is 4.74 Å². The molecule has 0 fully saturated rings. The molecule has 1 aromatic rings. The maximum Gasteiger partial charge on any atom is 0.0701 e. The summed E-state index contributed by atoms with van der Waals surface area (Å²) in [5.41, 5.74) is 0. The number of rotatable bonds is 6. The van der Waals surface area contributed by atoms with Crippen molar-refractivity contribution >= 4 is 27.3 Å². The molecule has 0 aliphatic heterocycles. The summed E-state index contributed by atoms with van der Waals surface area (Å²) in [6, 6.07) is 4.23. The van der Waals surface area contributed by atoms with Gasteiger partial charge in [-0.05, 0) is 34.0 Å². The Balaban J connectivity index is 2.15. The second-order valence-electron chi connectivity index (χ2n) is 3.40. The van der Waals surface area contributed by atoms with Gasteiger partial charge in [0.25, 0.3) is 0 Å². The van der Waals surface area contributed by atoms with E-state index in [0.29, 0.717) is 5.92 Å². The van der Waals surface area contributed by atoms with Crippen molar-refractivity contribution in [2.24, 2.45) is 5.92 Å². The minimum absolute atomic E-state index is 0.573. The summed E-state index contributed by atoms with van der Waals surface area (Å²) in [6.07, 6.45) is 0. The lowest BCUT2D eigenvalue weighted by atomic mass is 10.2. The first kappa shape index (κ1) is 12.2. The average molecular weight is 278 g/mol. The molecule has 0 radical (unpaired) electrons. The van der Waals surface area contributed by atoms with Crippen LogP contribution in [0.15, 0.2) is 15.9 Å². The van der Waals surface area contributed by atoms with Crippen LogP contribution in [0, 0.1) is 5.92 Å². The van der Waals surface area contributed by atoms with E-state index in [-0.39, 0.29) is 0 Å². The highest BCUT2D eigenvalue weighted by atomic mass is 79.9. The maximum atomic E-state index is 5.07. The van der Waals surface area contributed by atoms with E-state index in [2.05, 4.69) is 40.3 Å². The van der Waals surface area contributed by atoms with Crippen LogP contribution in [-0.2, 0) is 11.3 Å². The molecule has 1 aromatic heterocycles. The van der Waals surface area contributed by atoms with Gasteiger partial charge >= 0.3 is 0 Å². The third-order valence-electron chi connectivity index (χ3n) is 1.87. The molecule has 0 amide bonds. The fourth-order valence-corrected chi connectivity index (χ4v) is 2.68. The molecule has 0 aliphatic carbocycles. The fraction of sp³-hybridized carbons (Fsp3) is 0.600. The highest BCUT2D eigenvalue weighted by Gasteiger charge is 2.01. The third kappa shape index (κ3) is 4.55. The van der Waals surface area contributed by atoms with Gasteiger partial charge in [0.1, 0.15) is 0 Å². The van der Waals surface area contributed by atoms with E-state index in [4.69, 9.17) is 4.74 Å². The lowest BCUT2D eigenvalue weighted by molar-refractivity contribution is 0.158. The number of methoxy groups -OCH3 is 1. The minimum atomic E-state index is 0.573. The Bertz CT molecular complexity index is 264. The van der Waals surface area contributed by atoms with Crippen LogP contribution in [0.2, 0.25) is 0 Å². The second-order valence-corrected chi connectivity index (χ2v) is 5.94. The largest absolute Gasteiger partial charge is 0.384 e. The average Bonchev–Trinajstić information content (AvgIpc) is 2.52. The monoisotopic (exact) mass is 277 g/mol. The van der Waals surface area contributed by atoms with E-state index in [1.165, 1.54) is 8.66 Å². The van der Waals surface area contributed by atoms with Gasteiger partial charge in [0.05, 0.1) is 3.79 Å². The molecule has 1 rings (SSSR count). The number of halogens is 1. The number of ether oxygens (including phenoxy) is 1. The molecule has 4 heteroatoms. The van der Waals surface area contributed by atoms with Gasteiger partial charge in [-0.2, -0.15) is 0 Å². The van der Waals surface area contributed by atoms with E-state index < -0.39 is 0 Å². The van der Waals surface area contributed by atoms with Gasteiger partial charge in [0.15, 0.2) is 0 Å². The predicted molar refractivity (Wildman–Crippen MR) is 64.8 cm³/mol. The SMILES string of the molecule is COCC(C)CNCc1ccc(Br)s1. The van der Waals surface area contributed by atoms with Crippen LogP contribution in [0.4, 0.5) is 0 Å². The smallest absolute Gasteiger partial charge is 0.0701 e. The predicted octanol–water partition coefficient (Wildman–Crippen LogP) is 2.88. The third-order valence-corrected chi connectivity index (χ3v) is 3.50. The summed E-state index contributed by atoms with van der Waals surface area (Å²) in [5, 5.41) is 3.41. The van der Waals surface area contributed by atoms with Crippen molar-refractivity contribution in [2.45, 2.75) is 13.5 Å². The molecule has 2 nitrogen and oxygen atoms in total. The van der Waals surface area contributed by atoms with Gasteiger partial charge in [0.2, 0.25) is 0 Å². The molecule has 80 valence electrons. The number of thiophene rings is 1. The zero-order valence-corrected chi connectivity index (χ0v) is 11.0. The first-order chi connectivity index (χ1) is 6.72. The first-order valence-corrected chi connectivity index (χ1v) is 6.27. The van der Waals surface area contributed by atoms with Crippen molar-refractivity contribution in [3.63, 3.8) is 0 Å². The Morgan fingerprint density at radius 2 is 2.36 bits per heavy atom. The molecular formula is C10H16BrNOS. The van der Waals surface area contributed by atoms with Crippen LogP contribution >= 0.6 is 27.3 Å². The van der Waals surface area contributed by atoms with Crippen molar-refractivity contribution in [3.8, 4) is 0 Å². The minimum Gasteiger partial charge on any atom is -0.384 e. The summed E-state index contributed by atoms with van der Waals surface area (Å²) >= 11 is 5.22. The van der Waals surface area contributed by atoms with E-state index in [1.807, 2.05) is 0 Å². The summed E-state index contributed by atoms with van der Waals surface area (Å²) in [4.78, 5) is 1.36. The molecule has 0 saturated carbocycles. The van der Waals surface area contributed by atoms with Crippen LogP contribution in [0.1, 0.15) is 11.8 Å². The van der Waals surface area contributed by atoms with E-state index >= 15 is 0 Å². The van der Waals surface area contributed by atoms with Crippen LogP contribution in [-0.4, -0.2) is 20.3 Å². The molecule has 1 atom stereocenters. The zero-order chi connectivity index (χ0) is 10.4. The Hall–Kier alpha value is 0.1000. The molecular weight excluding hydrogens is 262 g/mol. The summed E-state index contributed by atoms with van der Waals surface area (Å²) < 4.78 is 6.26. The van der Waals surface area contributed by atoms with Gasteiger partial charge in [-0.25, -0.2) is 0 Å². The number of hydrogen-bond donors (Lipinski definition) is 1. The Kier molecular flexibility index (Phi) is 5.70. The molecule has 1 heterocycles. The number of hydrogen-bond acceptors (Lipinski definition) is 3. The molecule has 1 unspecified atom stereocenters. The Morgan fingerprint density at radius 1 is 1.57 bits per heavy atom. The molecule has 0 aliphatic rings. The van der Waals surface area contributed by atoms with Crippen LogP contribution < -0.4 is 5.32 Å². The van der Waals surface area contributed by atoms with Crippen LogP contribution in [0.25, 0.3) is 0 Å². The summed E-state index contributed by atoms with van der Waals surface area (Å²) in [5.74, 6) is 0.573. The number of nitrogens with one attached hydrogen (secondary N) is 1. The topological polar surface area (TPSA) is 21.3 Å². The lowest BCUT2D eigenvalue weighted by Gasteiger charge is -2.10. The highest BCUT2D eigenvalue weighted by Crippen LogP contribution is 2.21. The molecule has 1 N–H and O–H groups in total. The highest BCUT2D eigenvalue weighted by molar-refractivity contribution is 9.11. The normalized spacial score (nSPS) is 13.1. The summed E-state index contributed by atoms with van der Waals surface area (Å²) in [6.45, 7) is 4.95. The quantitative estimate of drug-likeness (QED) is 0.864. The van der Waals surface area contributed by atoms with E-state index in [0.717, 1.165) is 19.7 Å². The molecule has 0 spiro atoms. The fourth-order valence-electron chi connectivity index (χ4n) is 1.23. The van der Waals surface area contributed by atoms with Gasteiger partial charge in [0, 0.05) is 31.7 Å². The zero-order valence-electron chi connectivity index (χ0n) is 8.55. The van der Waals surface area contributed by atoms with Crippen molar-refractivity contribution in [3.05, 3.63) is 20.8 Å². The van der Waals surface area contributed by atoms with Gasteiger partial charge in [-0.3, -0.25) is 0 Å². The van der Waals surface area contributed by atoms with Gasteiger partial charge in [-0.1, -0.05) is 6.92 Å². The van der Waals surface area contributed by atoms with Gasteiger partial charge < -0.3 is 10.1 Å². The second kappa shape index (κ2) is 6.56. The molecule has 14 heavy (non-hydrogen) atoms. The molecule has 0 aromatic carbocycles. The van der Waals surface area contributed by atoms with Crippen LogP contribution in [0.5, 0.6) is 0 Å².